The SMILES string of the molecule is COC(C)c1nc(Cn2cc([N+](=O)[O-])cc(C#N)c2=O)cs1. The van der Waals surface area contributed by atoms with Crippen molar-refractivity contribution in [2.45, 2.75) is 19.6 Å². The van der Waals surface area contributed by atoms with Gasteiger partial charge in [-0.05, 0) is 6.92 Å². The summed E-state index contributed by atoms with van der Waals surface area (Å²) in [7, 11) is 1.57. The molecule has 2 aromatic rings. The van der Waals surface area contributed by atoms with Gasteiger partial charge in [0.2, 0.25) is 0 Å². The predicted octanol–water partition coefficient (Wildman–Crippen LogP) is 1.84. The van der Waals surface area contributed by atoms with E-state index in [9.17, 15) is 14.9 Å². The van der Waals surface area contributed by atoms with E-state index >= 15 is 0 Å². The van der Waals surface area contributed by atoms with Crippen molar-refractivity contribution in [3.8, 4) is 6.07 Å². The van der Waals surface area contributed by atoms with Gasteiger partial charge in [0.05, 0.1) is 23.4 Å². The Bertz CT molecular complexity index is 805. The number of hydrogen-bond acceptors (Lipinski definition) is 7. The van der Waals surface area contributed by atoms with E-state index in [-0.39, 0.29) is 23.9 Å². The number of hydrogen-bond donors (Lipinski definition) is 0. The first-order valence-corrected chi connectivity index (χ1v) is 7.10. The van der Waals surface area contributed by atoms with E-state index in [4.69, 9.17) is 10.00 Å². The monoisotopic (exact) mass is 320 g/mol. The van der Waals surface area contributed by atoms with Crippen LogP contribution in [-0.4, -0.2) is 21.6 Å². The van der Waals surface area contributed by atoms with Crippen LogP contribution in [0, 0.1) is 21.4 Å². The first kappa shape index (κ1) is 15.8. The number of rotatable bonds is 5. The van der Waals surface area contributed by atoms with Gasteiger partial charge in [-0.2, -0.15) is 5.26 Å². The fraction of sp³-hybridized carbons (Fsp3) is 0.308. The summed E-state index contributed by atoms with van der Waals surface area (Å²) in [5.74, 6) is 0. The summed E-state index contributed by atoms with van der Waals surface area (Å²) in [5.41, 5.74) is -0.579. The zero-order valence-electron chi connectivity index (χ0n) is 11.8. The highest BCUT2D eigenvalue weighted by Gasteiger charge is 2.15. The molecule has 0 aromatic carbocycles. The van der Waals surface area contributed by atoms with Crippen LogP contribution in [0.2, 0.25) is 0 Å². The van der Waals surface area contributed by atoms with Crippen LogP contribution in [0.5, 0.6) is 0 Å². The minimum absolute atomic E-state index is 0.0577. The summed E-state index contributed by atoms with van der Waals surface area (Å²) in [5, 5.41) is 22.3. The van der Waals surface area contributed by atoms with Gasteiger partial charge < -0.3 is 9.30 Å². The molecule has 0 aliphatic carbocycles. The minimum atomic E-state index is -0.643. The molecule has 0 saturated carbocycles. The van der Waals surface area contributed by atoms with Gasteiger partial charge >= 0.3 is 0 Å². The molecule has 1 unspecified atom stereocenters. The van der Waals surface area contributed by atoms with E-state index in [0.29, 0.717) is 5.69 Å². The Hall–Kier alpha value is -2.57. The summed E-state index contributed by atoms with van der Waals surface area (Å²) < 4.78 is 6.28. The Labute approximate surface area is 129 Å². The second-order valence-corrected chi connectivity index (χ2v) is 5.36. The maximum Gasteiger partial charge on any atom is 0.287 e. The first-order chi connectivity index (χ1) is 10.5. The van der Waals surface area contributed by atoms with Gasteiger partial charge in [-0.1, -0.05) is 0 Å². The number of pyridine rings is 1. The molecule has 0 fully saturated rings. The third kappa shape index (κ3) is 3.19. The Kier molecular flexibility index (Phi) is 4.65. The van der Waals surface area contributed by atoms with Crippen LogP contribution >= 0.6 is 11.3 Å². The predicted molar refractivity (Wildman–Crippen MR) is 78.7 cm³/mol. The Morgan fingerprint density at radius 3 is 2.95 bits per heavy atom. The molecule has 0 aliphatic heterocycles. The lowest BCUT2D eigenvalue weighted by Gasteiger charge is -2.05. The van der Waals surface area contributed by atoms with Crippen molar-refractivity contribution >= 4 is 17.0 Å². The molecule has 1 atom stereocenters. The molecule has 0 aliphatic rings. The van der Waals surface area contributed by atoms with Gasteiger partial charge in [0.1, 0.15) is 22.7 Å². The maximum absolute atomic E-state index is 12.0. The molecule has 0 amide bonds. The topological polar surface area (TPSA) is 111 Å². The van der Waals surface area contributed by atoms with E-state index in [0.717, 1.165) is 21.8 Å². The van der Waals surface area contributed by atoms with Gasteiger partial charge in [0.25, 0.3) is 11.2 Å². The fourth-order valence-electron chi connectivity index (χ4n) is 1.77. The van der Waals surface area contributed by atoms with E-state index in [2.05, 4.69) is 4.98 Å². The molecule has 2 aromatic heterocycles. The molecule has 22 heavy (non-hydrogen) atoms. The molecule has 2 rings (SSSR count). The Morgan fingerprint density at radius 2 is 2.36 bits per heavy atom. The van der Waals surface area contributed by atoms with Gasteiger partial charge in [-0.3, -0.25) is 14.9 Å². The van der Waals surface area contributed by atoms with Crippen molar-refractivity contribution in [3.63, 3.8) is 0 Å². The minimum Gasteiger partial charge on any atom is -0.375 e. The van der Waals surface area contributed by atoms with Crippen LogP contribution in [0.1, 0.15) is 29.3 Å². The summed E-state index contributed by atoms with van der Waals surface area (Å²) in [6, 6.07) is 2.64. The van der Waals surface area contributed by atoms with Crippen molar-refractivity contribution in [1.82, 2.24) is 9.55 Å². The van der Waals surface area contributed by atoms with E-state index in [1.165, 1.54) is 11.3 Å². The molecule has 8 nitrogen and oxygen atoms in total. The van der Waals surface area contributed by atoms with Crippen molar-refractivity contribution < 1.29 is 9.66 Å². The molecular weight excluding hydrogens is 308 g/mol. The highest BCUT2D eigenvalue weighted by molar-refractivity contribution is 7.09. The number of nitro groups is 1. The molecule has 9 heteroatoms. The quantitative estimate of drug-likeness (QED) is 0.614. The molecule has 114 valence electrons. The van der Waals surface area contributed by atoms with Gasteiger partial charge in [0, 0.05) is 18.6 Å². The molecule has 0 saturated heterocycles. The molecule has 0 N–H and O–H groups in total. The van der Waals surface area contributed by atoms with Gasteiger partial charge in [0.15, 0.2) is 0 Å². The lowest BCUT2D eigenvalue weighted by Crippen LogP contribution is -2.23. The molecular formula is C13H12N4O4S. The number of ether oxygens (including phenoxy) is 1. The number of nitriles is 1. The van der Waals surface area contributed by atoms with Crippen LogP contribution in [0.25, 0.3) is 0 Å². The number of aromatic nitrogens is 2. The maximum atomic E-state index is 12.0. The van der Waals surface area contributed by atoms with Crippen LogP contribution < -0.4 is 5.56 Å². The zero-order valence-corrected chi connectivity index (χ0v) is 12.7. The van der Waals surface area contributed by atoms with E-state index in [1.807, 2.05) is 6.92 Å². The van der Waals surface area contributed by atoms with Crippen molar-refractivity contribution in [1.29, 1.82) is 5.26 Å². The standard InChI is InChI=1S/C13H12N4O4S/c1-8(21-2)12-15-10(7-22-12)5-16-6-11(17(19)20)3-9(4-14)13(16)18/h3,6-8H,5H2,1-2H3. The summed E-state index contributed by atoms with van der Waals surface area (Å²) >= 11 is 1.38. The van der Waals surface area contributed by atoms with Crippen LogP contribution in [0.15, 0.2) is 22.4 Å². The number of thiazole rings is 1. The molecule has 0 spiro atoms. The largest absolute Gasteiger partial charge is 0.375 e. The summed E-state index contributed by atoms with van der Waals surface area (Å²) in [6.45, 7) is 1.90. The van der Waals surface area contributed by atoms with E-state index < -0.39 is 10.5 Å². The smallest absolute Gasteiger partial charge is 0.287 e. The third-order valence-corrected chi connectivity index (χ3v) is 4.06. The lowest BCUT2D eigenvalue weighted by molar-refractivity contribution is -0.385. The normalized spacial score (nSPS) is 11.9. The Morgan fingerprint density at radius 1 is 1.64 bits per heavy atom. The van der Waals surface area contributed by atoms with Gasteiger partial charge in [-0.25, -0.2) is 4.98 Å². The second-order valence-electron chi connectivity index (χ2n) is 4.47. The Balaban J connectivity index is 2.39. The highest BCUT2D eigenvalue weighted by Crippen LogP contribution is 2.21. The lowest BCUT2D eigenvalue weighted by atomic mass is 10.2. The summed E-state index contributed by atoms with van der Waals surface area (Å²) in [4.78, 5) is 26.6. The van der Waals surface area contributed by atoms with Gasteiger partial charge in [-0.15, -0.1) is 11.3 Å². The number of methoxy groups -OCH3 is 1. The van der Waals surface area contributed by atoms with Crippen molar-refractivity contribution in [2.24, 2.45) is 0 Å². The number of nitrogens with zero attached hydrogens (tertiary/aromatic N) is 4. The first-order valence-electron chi connectivity index (χ1n) is 6.22. The fourth-order valence-corrected chi connectivity index (χ4v) is 2.62. The van der Waals surface area contributed by atoms with Crippen LogP contribution in [0.4, 0.5) is 5.69 Å². The van der Waals surface area contributed by atoms with Crippen LogP contribution in [-0.2, 0) is 11.3 Å². The molecule has 0 radical (unpaired) electrons. The average Bonchev–Trinajstić information content (AvgIpc) is 2.96. The second kappa shape index (κ2) is 6.46. The van der Waals surface area contributed by atoms with E-state index in [1.54, 1.807) is 18.6 Å². The highest BCUT2D eigenvalue weighted by atomic mass is 32.1. The third-order valence-electron chi connectivity index (χ3n) is 3.01. The average molecular weight is 320 g/mol. The molecule has 2 heterocycles. The zero-order chi connectivity index (χ0) is 16.3. The summed E-state index contributed by atoms with van der Waals surface area (Å²) in [6.07, 6.45) is 0.942. The van der Waals surface area contributed by atoms with Crippen LogP contribution in [0.3, 0.4) is 0 Å². The van der Waals surface area contributed by atoms with Crippen molar-refractivity contribution in [2.75, 3.05) is 7.11 Å². The molecule has 0 bridgehead atoms. The van der Waals surface area contributed by atoms with Crippen molar-refractivity contribution in [3.05, 3.63) is 54.4 Å².